The number of amides is 1. The number of ketones is 1. The molecule has 1 amide bonds. The normalized spacial score (nSPS) is 28.5. The van der Waals surface area contributed by atoms with Gasteiger partial charge in [0.2, 0.25) is 5.91 Å². The number of thiophene rings is 1. The van der Waals surface area contributed by atoms with E-state index in [1.54, 1.807) is 7.11 Å². The van der Waals surface area contributed by atoms with Gasteiger partial charge in [-0.15, -0.1) is 11.3 Å². The number of ether oxygens (including phenoxy) is 2. The second-order valence-electron chi connectivity index (χ2n) is 10.5. The van der Waals surface area contributed by atoms with Crippen LogP contribution in [-0.4, -0.2) is 44.0 Å². The second kappa shape index (κ2) is 11.3. The first kappa shape index (κ1) is 25.4. The summed E-state index contributed by atoms with van der Waals surface area (Å²) >= 11 is 1.46. The molecule has 3 aliphatic rings. The van der Waals surface area contributed by atoms with Crippen molar-refractivity contribution in [3.05, 3.63) is 15.8 Å². The third kappa shape index (κ3) is 5.56. The molecule has 3 aliphatic carbocycles. The second-order valence-corrected chi connectivity index (χ2v) is 11.6. The highest BCUT2D eigenvalue weighted by Crippen LogP contribution is 2.43. The van der Waals surface area contributed by atoms with E-state index in [4.69, 9.17) is 9.47 Å². The molecule has 0 aliphatic heterocycles. The molecule has 0 radical (unpaired) electrons. The number of Topliss-reactive ketones (excluding diaryl/α,β-unsaturated/α-hetero) is 1. The first-order valence-corrected chi connectivity index (χ1v) is 13.8. The summed E-state index contributed by atoms with van der Waals surface area (Å²) in [5.74, 6) is 1.05. The predicted molar refractivity (Wildman–Crippen MR) is 134 cm³/mol. The molecule has 188 valence electrons. The van der Waals surface area contributed by atoms with E-state index in [-0.39, 0.29) is 35.9 Å². The van der Waals surface area contributed by atoms with E-state index < -0.39 is 0 Å². The molecule has 0 spiro atoms. The van der Waals surface area contributed by atoms with Crippen LogP contribution in [-0.2, 0) is 19.1 Å². The number of methoxy groups -OCH3 is 2. The largest absolute Gasteiger partial charge is 0.465 e. The van der Waals surface area contributed by atoms with Gasteiger partial charge in [0.1, 0.15) is 10.7 Å². The maximum absolute atomic E-state index is 14.0. The van der Waals surface area contributed by atoms with E-state index in [1.807, 2.05) is 4.90 Å². The van der Waals surface area contributed by atoms with Gasteiger partial charge < -0.3 is 14.4 Å². The minimum Gasteiger partial charge on any atom is -0.465 e. The Morgan fingerprint density at radius 3 is 2.18 bits per heavy atom. The highest BCUT2D eigenvalue weighted by atomic mass is 32.1. The molecule has 3 fully saturated rings. The first-order valence-electron chi connectivity index (χ1n) is 13.0. The van der Waals surface area contributed by atoms with E-state index in [2.05, 4.69) is 13.0 Å². The van der Waals surface area contributed by atoms with Gasteiger partial charge in [0.25, 0.3) is 0 Å². The van der Waals surface area contributed by atoms with Crippen LogP contribution in [0.3, 0.4) is 0 Å². The average molecular weight is 490 g/mol. The number of hydrogen-bond donors (Lipinski definition) is 0. The number of esters is 1. The summed E-state index contributed by atoms with van der Waals surface area (Å²) in [4.78, 5) is 42.3. The molecule has 0 unspecified atom stereocenters. The van der Waals surface area contributed by atoms with Gasteiger partial charge in [0.05, 0.1) is 18.9 Å². The summed E-state index contributed by atoms with van der Waals surface area (Å²) in [6.45, 7) is 2.26. The van der Waals surface area contributed by atoms with Gasteiger partial charge in [-0.1, -0.05) is 6.92 Å². The number of hydrogen-bond acceptors (Lipinski definition) is 6. The summed E-state index contributed by atoms with van der Waals surface area (Å²) in [6.07, 6.45) is 10.6. The standard InChI is InChI=1S/C27H39NO5S/c1-17-4-6-19(7-5-17)26(30)28(20-10-14-22(32-2)15-11-20)23-16-24(34-25(23)27(31)33-3)18-8-12-21(29)13-9-18/h16-20,22H,4-15H2,1-3H3/t17-,19-,20-,22-. The maximum Gasteiger partial charge on any atom is 0.350 e. The summed E-state index contributed by atoms with van der Waals surface area (Å²) in [7, 11) is 3.16. The summed E-state index contributed by atoms with van der Waals surface area (Å²) in [5, 5.41) is 0. The lowest BCUT2D eigenvalue weighted by atomic mass is 9.81. The van der Waals surface area contributed by atoms with Gasteiger partial charge in [-0.2, -0.15) is 0 Å². The van der Waals surface area contributed by atoms with Crippen LogP contribution >= 0.6 is 11.3 Å². The Kier molecular flexibility index (Phi) is 8.46. The van der Waals surface area contributed by atoms with Crippen LogP contribution in [0.15, 0.2) is 6.07 Å². The van der Waals surface area contributed by atoms with E-state index in [9.17, 15) is 14.4 Å². The summed E-state index contributed by atoms with van der Waals surface area (Å²) in [6, 6.07) is 2.14. The van der Waals surface area contributed by atoms with E-state index in [0.717, 1.165) is 74.8 Å². The fourth-order valence-corrected chi connectivity index (χ4v) is 7.22. The zero-order valence-electron chi connectivity index (χ0n) is 20.8. The number of anilines is 1. The minimum absolute atomic E-state index is 0.0116. The SMILES string of the molecule is COC(=O)c1sc(C2CCC(=O)CC2)cc1N(C(=O)[C@H]1CC[C@H](C)CC1)[C@H]1CC[C@H](OC)CC1. The Hall–Kier alpha value is -1.73. The third-order valence-corrected chi connectivity index (χ3v) is 9.52. The Labute approximate surface area is 207 Å². The van der Waals surface area contributed by atoms with Crippen LogP contribution in [0.2, 0.25) is 0 Å². The number of rotatable bonds is 6. The smallest absolute Gasteiger partial charge is 0.350 e. The molecule has 7 heteroatoms. The minimum atomic E-state index is -0.376. The zero-order chi connectivity index (χ0) is 24.2. The lowest BCUT2D eigenvalue weighted by Crippen LogP contribution is -2.47. The quantitative estimate of drug-likeness (QED) is 0.467. The Morgan fingerprint density at radius 1 is 0.941 bits per heavy atom. The number of nitrogens with zero attached hydrogens (tertiary/aromatic N) is 1. The van der Waals surface area contributed by atoms with Crippen molar-refractivity contribution in [2.45, 2.75) is 102 Å². The number of carbonyl (C=O) groups is 3. The fourth-order valence-electron chi connectivity index (χ4n) is 5.98. The molecule has 1 heterocycles. The van der Waals surface area contributed by atoms with Crippen molar-refractivity contribution in [2.24, 2.45) is 11.8 Å². The highest BCUT2D eigenvalue weighted by molar-refractivity contribution is 7.14. The Balaban J connectivity index is 1.68. The van der Waals surface area contributed by atoms with E-state index in [1.165, 1.54) is 18.4 Å². The van der Waals surface area contributed by atoms with E-state index in [0.29, 0.717) is 29.4 Å². The molecule has 3 saturated carbocycles. The Morgan fingerprint density at radius 2 is 1.59 bits per heavy atom. The van der Waals surface area contributed by atoms with Gasteiger partial charge >= 0.3 is 5.97 Å². The van der Waals surface area contributed by atoms with Crippen molar-refractivity contribution in [3.8, 4) is 0 Å². The van der Waals surface area contributed by atoms with Crippen LogP contribution < -0.4 is 4.90 Å². The van der Waals surface area contributed by atoms with Crippen molar-refractivity contribution in [1.29, 1.82) is 0 Å². The number of carbonyl (C=O) groups excluding carboxylic acids is 3. The molecule has 0 N–H and O–H groups in total. The lowest BCUT2D eigenvalue weighted by molar-refractivity contribution is -0.124. The highest BCUT2D eigenvalue weighted by Gasteiger charge is 2.38. The van der Waals surface area contributed by atoms with E-state index >= 15 is 0 Å². The average Bonchev–Trinajstić information content (AvgIpc) is 3.29. The van der Waals surface area contributed by atoms with Crippen molar-refractivity contribution < 1.29 is 23.9 Å². The monoisotopic (exact) mass is 489 g/mol. The van der Waals surface area contributed by atoms with Gasteiger partial charge in [-0.05, 0) is 82.1 Å². The Bertz CT molecular complexity index is 870. The predicted octanol–water partition coefficient (Wildman–Crippen LogP) is 5.88. The van der Waals surface area contributed by atoms with Crippen molar-refractivity contribution in [2.75, 3.05) is 19.1 Å². The molecule has 0 bridgehead atoms. The molecule has 4 rings (SSSR count). The molecular weight excluding hydrogens is 450 g/mol. The van der Waals surface area contributed by atoms with Crippen molar-refractivity contribution in [1.82, 2.24) is 0 Å². The van der Waals surface area contributed by atoms with Crippen molar-refractivity contribution >= 4 is 34.7 Å². The van der Waals surface area contributed by atoms with Gasteiger partial charge in [0.15, 0.2) is 0 Å². The van der Waals surface area contributed by atoms with Gasteiger partial charge in [-0.3, -0.25) is 9.59 Å². The summed E-state index contributed by atoms with van der Waals surface area (Å²) in [5.41, 5.74) is 0.730. The zero-order valence-corrected chi connectivity index (χ0v) is 21.7. The molecule has 34 heavy (non-hydrogen) atoms. The van der Waals surface area contributed by atoms with Gasteiger partial charge in [0, 0.05) is 36.8 Å². The van der Waals surface area contributed by atoms with Crippen LogP contribution in [0.1, 0.15) is 104 Å². The molecule has 0 atom stereocenters. The topological polar surface area (TPSA) is 72.9 Å². The van der Waals surface area contributed by atoms with Gasteiger partial charge in [-0.25, -0.2) is 4.79 Å². The first-order chi connectivity index (χ1) is 16.4. The molecule has 1 aromatic rings. The van der Waals surface area contributed by atoms with Crippen LogP contribution in [0.4, 0.5) is 5.69 Å². The van der Waals surface area contributed by atoms with Crippen LogP contribution in [0.5, 0.6) is 0 Å². The molecule has 0 saturated heterocycles. The molecule has 0 aromatic carbocycles. The van der Waals surface area contributed by atoms with Crippen molar-refractivity contribution in [3.63, 3.8) is 0 Å². The summed E-state index contributed by atoms with van der Waals surface area (Å²) < 4.78 is 10.7. The molecule has 6 nitrogen and oxygen atoms in total. The third-order valence-electron chi connectivity index (χ3n) is 8.25. The lowest BCUT2D eigenvalue weighted by Gasteiger charge is -2.39. The maximum atomic E-state index is 14.0. The fraction of sp³-hybridized carbons (Fsp3) is 0.741. The van der Waals surface area contributed by atoms with Crippen LogP contribution in [0.25, 0.3) is 0 Å². The molecular formula is C27H39NO5S. The van der Waals surface area contributed by atoms with Crippen LogP contribution in [0, 0.1) is 11.8 Å². The molecule has 1 aromatic heterocycles.